The molecule has 3 rings (SSSR count). The highest BCUT2D eigenvalue weighted by molar-refractivity contribution is 5.70. The number of benzene rings is 1. The van der Waals surface area contributed by atoms with Gasteiger partial charge in [-0.1, -0.05) is 36.8 Å². The third-order valence-corrected chi connectivity index (χ3v) is 5.03. The van der Waals surface area contributed by atoms with Gasteiger partial charge in [-0.15, -0.1) is 0 Å². The summed E-state index contributed by atoms with van der Waals surface area (Å²) >= 11 is 0. The maximum absolute atomic E-state index is 12.3. The number of nitrogens with two attached hydrogens (primary N) is 1. The molecule has 1 aromatic carbocycles. The molecule has 25 heavy (non-hydrogen) atoms. The molecule has 0 bridgehead atoms. The lowest BCUT2D eigenvalue weighted by atomic mass is 9.91. The topological polar surface area (TPSA) is 70.8 Å². The number of hydrogen-bond acceptors (Lipinski definition) is 5. The van der Waals surface area contributed by atoms with Gasteiger partial charge < -0.3 is 19.9 Å². The predicted octanol–water partition coefficient (Wildman–Crippen LogP) is 3.30. The van der Waals surface area contributed by atoms with Gasteiger partial charge in [-0.05, 0) is 31.4 Å². The van der Waals surface area contributed by atoms with Crippen LogP contribution in [0.4, 0.5) is 0 Å². The van der Waals surface area contributed by atoms with Gasteiger partial charge in [0, 0.05) is 19.3 Å². The maximum atomic E-state index is 12.3. The van der Waals surface area contributed by atoms with E-state index in [1.54, 1.807) is 0 Å². The van der Waals surface area contributed by atoms with Gasteiger partial charge in [-0.25, -0.2) is 0 Å². The van der Waals surface area contributed by atoms with E-state index in [-0.39, 0.29) is 24.6 Å². The fourth-order valence-corrected chi connectivity index (χ4v) is 3.82. The Labute approximate surface area is 149 Å². The Bertz CT molecular complexity index is 542. The number of carbonyl (C=O) groups excluding carboxylic acids is 1. The van der Waals surface area contributed by atoms with E-state index in [9.17, 15) is 4.79 Å². The molecule has 0 unspecified atom stereocenters. The van der Waals surface area contributed by atoms with Gasteiger partial charge in [0.1, 0.15) is 6.61 Å². The van der Waals surface area contributed by atoms with Crippen molar-refractivity contribution in [1.82, 2.24) is 0 Å². The van der Waals surface area contributed by atoms with E-state index >= 15 is 0 Å². The molecule has 0 radical (unpaired) electrons. The van der Waals surface area contributed by atoms with Gasteiger partial charge in [-0.3, -0.25) is 4.79 Å². The molecule has 2 N–H and O–H groups in total. The molecule has 138 valence electrons. The first-order valence-corrected chi connectivity index (χ1v) is 9.44. The van der Waals surface area contributed by atoms with Gasteiger partial charge in [0.2, 0.25) is 0 Å². The van der Waals surface area contributed by atoms with E-state index in [0.29, 0.717) is 19.6 Å². The van der Waals surface area contributed by atoms with Crippen molar-refractivity contribution in [3.05, 3.63) is 35.9 Å². The Morgan fingerprint density at radius 3 is 2.56 bits per heavy atom. The fourth-order valence-electron chi connectivity index (χ4n) is 3.82. The second kappa shape index (κ2) is 8.79. The summed E-state index contributed by atoms with van der Waals surface area (Å²) in [5.41, 5.74) is 6.72. The summed E-state index contributed by atoms with van der Waals surface area (Å²) in [6.45, 7) is 0.895. The van der Waals surface area contributed by atoms with Crippen molar-refractivity contribution < 1.29 is 19.0 Å². The zero-order valence-corrected chi connectivity index (χ0v) is 14.8. The van der Waals surface area contributed by atoms with Gasteiger partial charge in [0.15, 0.2) is 5.79 Å². The third-order valence-electron chi connectivity index (χ3n) is 5.03. The van der Waals surface area contributed by atoms with Gasteiger partial charge >= 0.3 is 5.97 Å². The normalized spacial score (nSPS) is 25.6. The number of hydrogen-bond donors (Lipinski definition) is 1. The average molecular weight is 347 g/mol. The first-order valence-electron chi connectivity index (χ1n) is 9.44. The van der Waals surface area contributed by atoms with Crippen molar-refractivity contribution in [2.75, 3.05) is 6.54 Å². The van der Waals surface area contributed by atoms with Crippen LogP contribution in [0.3, 0.4) is 0 Å². The highest BCUT2D eigenvalue weighted by Crippen LogP contribution is 2.40. The van der Waals surface area contributed by atoms with Crippen LogP contribution in [0, 0.1) is 0 Å². The van der Waals surface area contributed by atoms with Crippen LogP contribution in [0.5, 0.6) is 0 Å². The lowest BCUT2D eigenvalue weighted by Gasteiger charge is -2.46. The molecule has 0 amide bonds. The summed E-state index contributed by atoms with van der Waals surface area (Å²) in [6.07, 6.45) is 6.98. The maximum Gasteiger partial charge on any atom is 0.308 e. The van der Waals surface area contributed by atoms with E-state index in [4.69, 9.17) is 19.9 Å². The number of ether oxygens (including phenoxy) is 3. The van der Waals surface area contributed by atoms with Crippen molar-refractivity contribution >= 4 is 5.97 Å². The Morgan fingerprint density at radius 1 is 1.12 bits per heavy atom. The quantitative estimate of drug-likeness (QED) is 0.800. The molecule has 2 atom stereocenters. The van der Waals surface area contributed by atoms with Crippen molar-refractivity contribution in [1.29, 1.82) is 0 Å². The second-order valence-corrected chi connectivity index (χ2v) is 7.11. The van der Waals surface area contributed by atoms with Crippen LogP contribution in [0.25, 0.3) is 0 Å². The highest BCUT2D eigenvalue weighted by atomic mass is 16.7. The number of carbonyl (C=O) groups is 1. The lowest BCUT2D eigenvalue weighted by Crippen LogP contribution is -2.50. The molecular weight excluding hydrogens is 318 g/mol. The first-order chi connectivity index (χ1) is 12.2. The number of rotatable bonds is 6. The van der Waals surface area contributed by atoms with Crippen molar-refractivity contribution in [2.45, 2.75) is 76.0 Å². The average Bonchev–Trinajstić information content (AvgIpc) is 2.61. The molecular formula is C20H29NO4. The van der Waals surface area contributed by atoms with Crippen LogP contribution < -0.4 is 5.73 Å². The summed E-state index contributed by atoms with van der Waals surface area (Å²) in [5, 5.41) is 0. The summed E-state index contributed by atoms with van der Waals surface area (Å²) in [4.78, 5) is 12.3. The molecule has 5 heteroatoms. The second-order valence-electron chi connectivity index (χ2n) is 7.11. The van der Waals surface area contributed by atoms with E-state index < -0.39 is 5.79 Å². The Hall–Kier alpha value is -1.43. The molecule has 1 aromatic rings. The van der Waals surface area contributed by atoms with E-state index in [0.717, 1.165) is 37.7 Å². The molecule has 1 saturated carbocycles. The van der Waals surface area contributed by atoms with E-state index in [1.807, 2.05) is 30.3 Å². The van der Waals surface area contributed by atoms with Crippen molar-refractivity contribution in [3.63, 3.8) is 0 Å². The zero-order chi connectivity index (χ0) is 17.5. The molecule has 2 fully saturated rings. The van der Waals surface area contributed by atoms with Gasteiger partial charge in [0.05, 0.1) is 18.6 Å². The third kappa shape index (κ3) is 5.27. The predicted molar refractivity (Wildman–Crippen MR) is 94.7 cm³/mol. The minimum Gasteiger partial charge on any atom is -0.461 e. The van der Waals surface area contributed by atoms with Crippen molar-refractivity contribution in [2.24, 2.45) is 5.73 Å². The zero-order valence-electron chi connectivity index (χ0n) is 14.8. The Balaban J connectivity index is 1.55. The Kier molecular flexibility index (Phi) is 6.45. The standard InChI is InChI=1S/C20H29NO4/c21-12-9-17-13-18(25-20(24-17)10-5-2-6-11-20)14-19(22)23-15-16-7-3-1-4-8-16/h1,3-4,7-8,17-18H,2,5-6,9-15,21H2/t17-,18-/m1/s1. The van der Waals surface area contributed by atoms with Gasteiger partial charge in [-0.2, -0.15) is 0 Å². The van der Waals surface area contributed by atoms with Crippen LogP contribution in [-0.2, 0) is 25.6 Å². The molecule has 1 aliphatic heterocycles. The summed E-state index contributed by atoms with van der Waals surface area (Å²) in [7, 11) is 0. The van der Waals surface area contributed by atoms with Crippen molar-refractivity contribution in [3.8, 4) is 0 Å². The molecule has 5 nitrogen and oxygen atoms in total. The summed E-state index contributed by atoms with van der Waals surface area (Å²) in [6, 6.07) is 9.73. The number of esters is 1. The largest absolute Gasteiger partial charge is 0.461 e. The van der Waals surface area contributed by atoms with E-state index in [1.165, 1.54) is 6.42 Å². The molecule has 2 aliphatic rings. The monoisotopic (exact) mass is 347 g/mol. The Morgan fingerprint density at radius 2 is 1.84 bits per heavy atom. The highest BCUT2D eigenvalue weighted by Gasteiger charge is 2.43. The van der Waals surface area contributed by atoms with Crippen LogP contribution in [0.1, 0.15) is 56.9 Å². The summed E-state index contributed by atoms with van der Waals surface area (Å²) in [5.74, 6) is -0.728. The SMILES string of the molecule is NCC[C@@H]1C[C@H](CC(=O)OCc2ccccc2)OC2(CCCCC2)O1. The smallest absolute Gasteiger partial charge is 0.308 e. The van der Waals surface area contributed by atoms with Crippen LogP contribution in [-0.4, -0.2) is 30.5 Å². The molecule has 1 heterocycles. The molecule has 1 spiro atoms. The minimum absolute atomic E-state index is 0.0729. The van der Waals surface area contributed by atoms with Crippen LogP contribution in [0.2, 0.25) is 0 Å². The molecule has 0 aromatic heterocycles. The minimum atomic E-state index is -0.513. The fraction of sp³-hybridized carbons (Fsp3) is 0.650. The van der Waals surface area contributed by atoms with Crippen LogP contribution >= 0.6 is 0 Å². The first kappa shape index (κ1) is 18.4. The van der Waals surface area contributed by atoms with Crippen LogP contribution in [0.15, 0.2) is 30.3 Å². The molecule has 1 aliphatic carbocycles. The lowest BCUT2D eigenvalue weighted by molar-refractivity contribution is -0.329. The van der Waals surface area contributed by atoms with Gasteiger partial charge in [0.25, 0.3) is 0 Å². The van der Waals surface area contributed by atoms with E-state index in [2.05, 4.69) is 0 Å². The molecule has 1 saturated heterocycles. The summed E-state index contributed by atoms with van der Waals surface area (Å²) < 4.78 is 17.9.